The van der Waals surface area contributed by atoms with E-state index >= 15 is 0 Å². The summed E-state index contributed by atoms with van der Waals surface area (Å²) in [6.45, 7) is 3.94. The lowest BCUT2D eigenvalue weighted by molar-refractivity contribution is -0.119. The van der Waals surface area contributed by atoms with E-state index in [0.717, 1.165) is 10.9 Å². The van der Waals surface area contributed by atoms with Crippen LogP contribution in [0.1, 0.15) is 19.4 Å². The Hall–Kier alpha value is -2.26. The Morgan fingerprint density at radius 1 is 1.41 bits per heavy atom. The number of nitrogens with zero attached hydrogens (tertiary/aromatic N) is 2. The Kier molecular flexibility index (Phi) is 5.23. The summed E-state index contributed by atoms with van der Waals surface area (Å²) in [5, 5.41) is 16.9. The fraction of sp³-hybridized carbons (Fsp3) is 0.312. The van der Waals surface area contributed by atoms with Crippen molar-refractivity contribution in [3.63, 3.8) is 0 Å². The number of carbonyl (C=O) groups excluding carboxylic acids is 1. The van der Waals surface area contributed by atoms with Gasteiger partial charge in [-0.3, -0.25) is 4.79 Å². The van der Waals surface area contributed by atoms with Crippen LogP contribution in [0.15, 0.2) is 29.3 Å². The van der Waals surface area contributed by atoms with Crippen LogP contribution in [0.3, 0.4) is 0 Å². The quantitative estimate of drug-likeness (QED) is 0.830. The van der Waals surface area contributed by atoms with Crippen molar-refractivity contribution in [2.24, 2.45) is 0 Å². The molecule has 2 N–H and O–H groups in total. The van der Waals surface area contributed by atoms with Crippen molar-refractivity contribution >= 4 is 34.3 Å². The number of benzene rings is 1. The van der Waals surface area contributed by atoms with Gasteiger partial charge in [0.05, 0.1) is 17.7 Å². The summed E-state index contributed by atoms with van der Waals surface area (Å²) in [4.78, 5) is 16.3. The Balaban J connectivity index is 2.42. The summed E-state index contributed by atoms with van der Waals surface area (Å²) in [6, 6.07) is 9.87. The third kappa shape index (κ3) is 3.49. The van der Waals surface area contributed by atoms with E-state index in [1.54, 1.807) is 0 Å². The largest absolute Gasteiger partial charge is 0.374 e. The summed E-state index contributed by atoms with van der Waals surface area (Å²) in [5.74, 6) is -0.106. The van der Waals surface area contributed by atoms with Gasteiger partial charge in [0, 0.05) is 11.4 Å². The van der Waals surface area contributed by atoms with Gasteiger partial charge in [0.25, 0.3) is 0 Å². The fourth-order valence-electron chi connectivity index (χ4n) is 2.17. The van der Waals surface area contributed by atoms with Crippen molar-refractivity contribution < 1.29 is 4.79 Å². The number of nitrogens with one attached hydrogen (secondary N) is 2. The zero-order chi connectivity index (χ0) is 16.1. The molecule has 0 saturated carbocycles. The van der Waals surface area contributed by atoms with Crippen molar-refractivity contribution in [3.8, 4) is 6.07 Å². The Morgan fingerprint density at radius 2 is 2.14 bits per heavy atom. The molecule has 0 radical (unpaired) electrons. The fourth-order valence-corrected chi connectivity index (χ4v) is 2.71. The average molecular weight is 314 g/mol. The molecule has 2 aromatic rings. The second kappa shape index (κ2) is 7.14. The molecule has 5 nitrogen and oxygen atoms in total. The van der Waals surface area contributed by atoms with E-state index in [4.69, 9.17) is 0 Å². The van der Waals surface area contributed by atoms with Crippen molar-refractivity contribution in [2.45, 2.75) is 24.9 Å². The monoisotopic (exact) mass is 314 g/mol. The number of rotatable bonds is 5. The molecule has 0 aliphatic carbocycles. The first kappa shape index (κ1) is 16.1. The highest BCUT2D eigenvalue weighted by molar-refractivity contribution is 7.98. The van der Waals surface area contributed by atoms with Crippen LogP contribution in [0.2, 0.25) is 0 Å². The smallest absolute Gasteiger partial charge is 0.239 e. The highest BCUT2D eigenvalue weighted by Crippen LogP contribution is 2.31. The number of fused-ring (bicyclic) bond motifs is 1. The van der Waals surface area contributed by atoms with Crippen LogP contribution in [0.25, 0.3) is 10.9 Å². The van der Waals surface area contributed by atoms with Gasteiger partial charge in [-0.25, -0.2) is 4.98 Å². The predicted octanol–water partition coefficient (Wildman–Crippen LogP) is 2.76. The van der Waals surface area contributed by atoms with Gasteiger partial charge in [0.15, 0.2) is 0 Å². The van der Waals surface area contributed by atoms with Crippen LogP contribution in [0, 0.1) is 11.3 Å². The summed E-state index contributed by atoms with van der Waals surface area (Å²) >= 11 is 1.42. The zero-order valence-electron chi connectivity index (χ0n) is 12.8. The highest BCUT2D eigenvalue weighted by atomic mass is 32.2. The van der Waals surface area contributed by atoms with Crippen molar-refractivity contribution in [3.05, 3.63) is 29.8 Å². The van der Waals surface area contributed by atoms with Crippen LogP contribution in [0.5, 0.6) is 0 Å². The topological polar surface area (TPSA) is 77.8 Å². The molecule has 1 amide bonds. The molecule has 6 heteroatoms. The minimum Gasteiger partial charge on any atom is -0.374 e. The minimum atomic E-state index is -0.106. The molecular formula is C16H18N4OS. The summed E-state index contributed by atoms with van der Waals surface area (Å²) in [6.07, 6.45) is 1.88. The molecule has 114 valence electrons. The number of amides is 1. The molecular weight excluding hydrogens is 296 g/mol. The van der Waals surface area contributed by atoms with Crippen LogP contribution < -0.4 is 10.6 Å². The number of carbonyl (C=O) groups is 1. The van der Waals surface area contributed by atoms with E-state index in [1.807, 2.05) is 44.4 Å². The molecule has 1 aromatic carbocycles. The summed E-state index contributed by atoms with van der Waals surface area (Å²) < 4.78 is 0. The average Bonchev–Trinajstić information content (AvgIpc) is 2.50. The second-order valence-electron chi connectivity index (χ2n) is 5.08. The molecule has 1 aromatic heterocycles. The molecule has 0 unspecified atom stereocenters. The Bertz CT molecular complexity index is 737. The first-order chi connectivity index (χ1) is 10.6. The van der Waals surface area contributed by atoms with E-state index in [-0.39, 0.29) is 18.5 Å². The lowest BCUT2D eigenvalue weighted by Gasteiger charge is -2.14. The highest BCUT2D eigenvalue weighted by Gasteiger charge is 2.15. The Labute approximate surface area is 134 Å². The SMILES string of the molecule is CSc1nc2ccccc2c(NCC(=O)NC(C)C)c1C#N. The van der Waals surface area contributed by atoms with Gasteiger partial charge in [-0.05, 0) is 26.2 Å². The molecule has 0 saturated heterocycles. The summed E-state index contributed by atoms with van der Waals surface area (Å²) in [5.41, 5.74) is 1.94. The molecule has 22 heavy (non-hydrogen) atoms. The maximum Gasteiger partial charge on any atom is 0.239 e. The third-order valence-electron chi connectivity index (χ3n) is 3.04. The number of thioether (sulfide) groups is 1. The normalized spacial score (nSPS) is 10.5. The van der Waals surface area contributed by atoms with Crippen molar-refractivity contribution in [2.75, 3.05) is 18.1 Å². The van der Waals surface area contributed by atoms with Crippen molar-refractivity contribution in [1.82, 2.24) is 10.3 Å². The maximum atomic E-state index is 11.8. The minimum absolute atomic E-state index is 0.0840. The maximum absolute atomic E-state index is 11.8. The molecule has 1 heterocycles. The summed E-state index contributed by atoms with van der Waals surface area (Å²) in [7, 11) is 0. The van der Waals surface area contributed by atoms with E-state index in [2.05, 4.69) is 21.7 Å². The standard InChI is InChI=1S/C16H18N4OS/c1-10(2)19-14(21)9-18-15-11-6-4-5-7-13(11)20-16(22-3)12(15)8-17/h4-7,10H,9H2,1-3H3,(H,18,20)(H,19,21). The predicted molar refractivity (Wildman–Crippen MR) is 90.0 cm³/mol. The van der Waals surface area contributed by atoms with Gasteiger partial charge in [-0.1, -0.05) is 18.2 Å². The van der Waals surface area contributed by atoms with Crippen LogP contribution in [-0.4, -0.2) is 29.7 Å². The molecule has 0 spiro atoms. The molecule has 0 fully saturated rings. The third-order valence-corrected chi connectivity index (χ3v) is 3.72. The van der Waals surface area contributed by atoms with E-state index in [1.165, 1.54) is 11.8 Å². The van der Waals surface area contributed by atoms with Gasteiger partial charge in [0.2, 0.25) is 5.91 Å². The number of aromatic nitrogens is 1. The van der Waals surface area contributed by atoms with Gasteiger partial charge in [-0.2, -0.15) is 5.26 Å². The van der Waals surface area contributed by atoms with Crippen LogP contribution in [0.4, 0.5) is 5.69 Å². The number of hydrogen-bond acceptors (Lipinski definition) is 5. The first-order valence-corrected chi connectivity index (χ1v) is 8.19. The van der Waals surface area contributed by atoms with E-state index in [0.29, 0.717) is 16.3 Å². The van der Waals surface area contributed by atoms with E-state index < -0.39 is 0 Å². The first-order valence-electron chi connectivity index (χ1n) is 6.97. The molecule has 0 aliphatic rings. The van der Waals surface area contributed by atoms with Gasteiger partial charge in [-0.15, -0.1) is 11.8 Å². The number of nitriles is 1. The van der Waals surface area contributed by atoms with Gasteiger partial charge < -0.3 is 10.6 Å². The lowest BCUT2D eigenvalue weighted by Crippen LogP contribution is -2.35. The molecule has 0 aliphatic heterocycles. The number of anilines is 1. The number of hydrogen-bond donors (Lipinski definition) is 2. The molecule has 0 bridgehead atoms. The van der Waals surface area contributed by atoms with Crippen molar-refractivity contribution in [1.29, 1.82) is 5.26 Å². The van der Waals surface area contributed by atoms with Gasteiger partial charge in [0.1, 0.15) is 16.7 Å². The zero-order valence-corrected chi connectivity index (χ0v) is 13.6. The van der Waals surface area contributed by atoms with Crippen LogP contribution >= 0.6 is 11.8 Å². The van der Waals surface area contributed by atoms with Crippen LogP contribution in [-0.2, 0) is 4.79 Å². The second-order valence-corrected chi connectivity index (χ2v) is 5.87. The molecule has 0 atom stereocenters. The lowest BCUT2D eigenvalue weighted by atomic mass is 10.1. The number of pyridine rings is 1. The Morgan fingerprint density at radius 3 is 2.77 bits per heavy atom. The van der Waals surface area contributed by atoms with Gasteiger partial charge >= 0.3 is 0 Å². The van der Waals surface area contributed by atoms with E-state index in [9.17, 15) is 10.1 Å². The number of para-hydroxylation sites is 1. The molecule has 2 rings (SSSR count).